The SMILES string of the molecule is C=CC(=O)N1CC[C@H](N2CC(C#Cc3c(-c4ccc(Cl)c(OC)c4)c4c(N)ncnc4n3C)C2)[C@@H](O)C1. The number of likely N-dealkylation sites (tertiary alicyclic amines) is 2. The van der Waals surface area contributed by atoms with E-state index in [9.17, 15) is 9.90 Å². The van der Waals surface area contributed by atoms with Gasteiger partial charge in [-0.25, -0.2) is 9.97 Å². The molecule has 2 saturated heterocycles. The quantitative estimate of drug-likeness (QED) is 0.401. The fourth-order valence-corrected chi connectivity index (χ4v) is 5.43. The molecule has 2 atom stereocenters. The molecule has 0 aliphatic carbocycles. The molecule has 37 heavy (non-hydrogen) atoms. The molecule has 10 heteroatoms. The van der Waals surface area contributed by atoms with Crippen molar-refractivity contribution in [2.24, 2.45) is 13.0 Å². The van der Waals surface area contributed by atoms with Crippen molar-refractivity contribution in [3.8, 4) is 28.7 Å². The molecular formula is C27H29ClN6O3. The first-order valence-electron chi connectivity index (χ1n) is 12.1. The second kappa shape index (κ2) is 10.1. The highest BCUT2D eigenvalue weighted by Gasteiger charge is 2.38. The molecule has 4 heterocycles. The smallest absolute Gasteiger partial charge is 0.246 e. The molecule has 0 unspecified atom stereocenters. The Morgan fingerprint density at radius 1 is 1.32 bits per heavy atom. The minimum absolute atomic E-state index is 0.0247. The van der Waals surface area contributed by atoms with Gasteiger partial charge in [0.2, 0.25) is 5.91 Å². The molecule has 0 spiro atoms. The highest BCUT2D eigenvalue weighted by Crippen LogP contribution is 2.39. The molecule has 3 N–H and O–H groups in total. The van der Waals surface area contributed by atoms with Crippen LogP contribution in [-0.2, 0) is 11.8 Å². The average molecular weight is 521 g/mol. The summed E-state index contributed by atoms with van der Waals surface area (Å²) < 4.78 is 7.37. The van der Waals surface area contributed by atoms with E-state index in [4.69, 9.17) is 22.1 Å². The Balaban J connectivity index is 1.40. The number of carbonyl (C=O) groups is 1. The number of β-amino-alcohol motifs (C(OH)–C–C–N with tert-alkyl or cyclic N) is 1. The molecule has 1 amide bonds. The zero-order valence-electron chi connectivity index (χ0n) is 20.8. The van der Waals surface area contributed by atoms with Crippen LogP contribution < -0.4 is 10.5 Å². The van der Waals surface area contributed by atoms with Crippen LogP contribution in [0.15, 0.2) is 37.2 Å². The number of hydrogen-bond acceptors (Lipinski definition) is 7. The molecule has 9 nitrogen and oxygen atoms in total. The van der Waals surface area contributed by atoms with Crippen LogP contribution in [0, 0.1) is 17.8 Å². The number of benzene rings is 1. The molecule has 2 aliphatic rings. The standard InChI is InChI=1S/C27H29ClN6O3/c1-4-23(36)33-10-9-19(21(35)14-33)34-12-16(13-34)5-8-20-24(17-6-7-18(28)22(11-17)37-3)25-26(29)30-15-31-27(25)32(20)2/h4,6-7,11,15-16,19,21,35H,1,9-10,12-14H2,2-3H3,(H2,29,30,31)/t19-,21-/m0/s1. The predicted molar refractivity (Wildman–Crippen MR) is 143 cm³/mol. The summed E-state index contributed by atoms with van der Waals surface area (Å²) in [6.45, 7) is 6.01. The van der Waals surface area contributed by atoms with E-state index >= 15 is 0 Å². The van der Waals surface area contributed by atoms with Crippen LogP contribution in [0.25, 0.3) is 22.2 Å². The molecule has 2 aliphatic heterocycles. The van der Waals surface area contributed by atoms with Crippen molar-refractivity contribution in [2.75, 3.05) is 39.0 Å². The van der Waals surface area contributed by atoms with Gasteiger partial charge in [-0.15, -0.1) is 0 Å². The number of ether oxygens (including phenoxy) is 1. The van der Waals surface area contributed by atoms with Crippen LogP contribution in [0.5, 0.6) is 5.75 Å². The molecule has 0 radical (unpaired) electrons. The summed E-state index contributed by atoms with van der Waals surface area (Å²) in [5, 5.41) is 11.9. The molecule has 5 rings (SSSR count). The third kappa shape index (κ3) is 4.53. The highest BCUT2D eigenvalue weighted by molar-refractivity contribution is 6.32. The maximum Gasteiger partial charge on any atom is 0.246 e. The van der Waals surface area contributed by atoms with Gasteiger partial charge in [0.1, 0.15) is 29.2 Å². The van der Waals surface area contributed by atoms with E-state index in [0.717, 1.165) is 41.7 Å². The Labute approximate surface area is 220 Å². The van der Waals surface area contributed by atoms with Gasteiger partial charge in [0.15, 0.2) is 0 Å². The van der Waals surface area contributed by atoms with Crippen molar-refractivity contribution < 1.29 is 14.6 Å². The van der Waals surface area contributed by atoms with Crippen LogP contribution in [0.3, 0.4) is 0 Å². The number of carbonyl (C=O) groups excluding carboxylic acids is 1. The molecule has 0 saturated carbocycles. The van der Waals surface area contributed by atoms with Crippen LogP contribution in [0.4, 0.5) is 5.82 Å². The molecule has 0 bridgehead atoms. The minimum atomic E-state index is -0.585. The Morgan fingerprint density at radius 3 is 2.81 bits per heavy atom. The molecular weight excluding hydrogens is 492 g/mol. The lowest BCUT2D eigenvalue weighted by Gasteiger charge is -2.47. The normalized spacial score (nSPS) is 20.3. The lowest BCUT2D eigenvalue weighted by molar-refractivity contribution is -0.132. The van der Waals surface area contributed by atoms with Crippen LogP contribution >= 0.6 is 11.6 Å². The van der Waals surface area contributed by atoms with Crippen molar-refractivity contribution in [3.63, 3.8) is 0 Å². The summed E-state index contributed by atoms with van der Waals surface area (Å²) in [6, 6.07) is 5.59. The Kier molecular flexibility index (Phi) is 6.82. The summed E-state index contributed by atoms with van der Waals surface area (Å²) in [5.41, 5.74) is 9.46. The topological polar surface area (TPSA) is 110 Å². The number of nitrogen functional groups attached to an aromatic ring is 1. The summed E-state index contributed by atoms with van der Waals surface area (Å²) in [5.74, 6) is 7.74. The first kappa shape index (κ1) is 25.1. The summed E-state index contributed by atoms with van der Waals surface area (Å²) in [4.78, 5) is 24.4. The Morgan fingerprint density at radius 2 is 2.11 bits per heavy atom. The number of nitrogens with two attached hydrogens (primary N) is 1. The molecule has 3 aromatic rings. The molecule has 192 valence electrons. The number of rotatable bonds is 4. The Hall–Kier alpha value is -3.58. The monoisotopic (exact) mass is 520 g/mol. The number of piperidine rings is 1. The Bertz CT molecular complexity index is 1440. The number of fused-ring (bicyclic) bond motifs is 1. The van der Waals surface area contributed by atoms with Gasteiger partial charge in [0.25, 0.3) is 0 Å². The van der Waals surface area contributed by atoms with E-state index < -0.39 is 6.10 Å². The highest BCUT2D eigenvalue weighted by atomic mass is 35.5. The van der Waals surface area contributed by atoms with Crippen molar-refractivity contribution in [2.45, 2.75) is 18.6 Å². The van der Waals surface area contributed by atoms with Gasteiger partial charge in [0, 0.05) is 50.7 Å². The van der Waals surface area contributed by atoms with Crippen molar-refractivity contribution in [1.29, 1.82) is 0 Å². The van der Waals surface area contributed by atoms with E-state index in [1.807, 2.05) is 23.7 Å². The van der Waals surface area contributed by atoms with Gasteiger partial charge in [-0.1, -0.05) is 30.2 Å². The zero-order valence-corrected chi connectivity index (χ0v) is 21.6. The lowest BCUT2D eigenvalue weighted by Crippen LogP contribution is -2.61. The van der Waals surface area contributed by atoms with Crippen molar-refractivity contribution in [3.05, 3.63) is 47.9 Å². The first-order chi connectivity index (χ1) is 17.8. The van der Waals surface area contributed by atoms with Gasteiger partial charge in [-0.3, -0.25) is 9.69 Å². The number of amides is 1. The van der Waals surface area contributed by atoms with E-state index in [2.05, 4.69) is 33.3 Å². The number of halogens is 1. The van der Waals surface area contributed by atoms with Gasteiger partial charge >= 0.3 is 0 Å². The maximum absolute atomic E-state index is 11.9. The molecule has 1 aromatic carbocycles. The van der Waals surface area contributed by atoms with Gasteiger partial charge < -0.3 is 25.0 Å². The van der Waals surface area contributed by atoms with E-state index in [-0.39, 0.29) is 17.9 Å². The average Bonchev–Trinajstić information content (AvgIpc) is 3.16. The maximum atomic E-state index is 11.9. The molecule has 2 aromatic heterocycles. The summed E-state index contributed by atoms with van der Waals surface area (Å²) in [6.07, 6.45) is 2.88. The number of hydrogen-bond donors (Lipinski definition) is 2. The number of aromatic nitrogens is 3. The van der Waals surface area contributed by atoms with E-state index in [0.29, 0.717) is 35.3 Å². The first-order valence-corrected chi connectivity index (χ1v) is 12.5. The second-order valence-electron chi connectivity index (χ2n) is 9.42. The van der Waals surface area contributed by atoms with Gasteiger partial charge in [-0.2, -0.15) is 0 Å². The van der Waals surface area contributed by atoms with Crippen LogP contribution in [-0.4, -0.2) is 80.8 Å². The van der Waals surface area contributed by atoms with Crippen molar-refractivity contribution >= 4 is 34.4 Å². The second-order valence-corrected chi connectivity index (χ2v) is 9.83. The third-order valence-corrected chi connectivity index (χ3v) is 7.55. The van der Waals surface area contributed by atoms with E-state index in [1.54, 1.807) is 18.1 Å². The lowest BCUT2D eigenvalue weighted by atomic mass is 9.91. The summed E-state index contributed by atoms with van der Waals surface area (Å²) >= 11 is 6.27. The minimum Gasteiger partial charge on any atom is -0.495 e. The number of aliphatic hydroxyl groups excluding tert-OH is 1. The predicted octanol–water partition coefficient (Wildman–Crippen LogP) is 2.31. The largest absolute Gasteiger partial charge is 0.495 e. The number of aliphatic hydroxyl groups is 1. The van der Waals surface area contributed by atoms with Gasteiger partial charge in [-0.05, 0) is 36.1 Å². The number of anilines is 1. The fraction of sp³-hybridized carbons (Fsp3) is 0.370. The van der Waals surface area contributed by atoms with Crippen molar-refractivity contribution in [1.82, 2.24) is 24.3 Å². The van der Waals surface area contributed by atoms with E-state index in [1.165, 1.54) is 12.4 Å². The van der Waals surface area contributed by atoms with Crippen LogP contribution in [0.2, 0.25) is 5.02 Å². The van der Waals surface area contributed by atoms with Crippen LogP contribution in [0.1, 0.15) is 12.1 Å². The molecule has 2 fully saturated rings. The summed E-state index contributed by atoms with van der Waals surface area (Å²) in [7, 11) is 3.49. The number of methoxy groups -OCH3 is 1. The van der Waals surface area contributed by atoms with Gasteiger partial charge in [0.05, 0.1) is 23.6 Å². The fourth-order valence-electron chi connectivity index (χ4n) is 5.24. The third-order valence-electron chi connectivity index (χ3n) is 7.24. The number of nitrogens with zero attached hydrogens (tertiary/aromatic N) is 5. The zero-order chi connectivity index (χ0) is 26.3. The number of aryl methyl sites for hydroxylation is 1.